The highest BCUT2D eigenvalue weighted by atomic mass is 79.9. The van der Waals surface area contributed by atoms with E-state index in [2.05, 4.69) is 21.2 Å². The molecule has 1 aromatic carbocycles. The molecule has 1 N–H and O–H groups in total. The Balaban J connectivity index is 2.21. The van der Waals surface area contributed by atoms with Crippen molar-refractivity contribution in [1.29, 1.82) is 0 Å². The van der Waals surface area contributed by atoms with Gasteiger partial charge >= 0.3 is 0 Å². The standard InChI is InChI=1S/C12H10BrNO2/c1-8-4-5-9(13)10(7-8)14-12(15)11-3-2-6-16-11/h2-7H,1H3,(H,14,15). The molecule has 82 valence electrons. The van der Waals surface area contributed by atoms with Crippen LogP contribution in [0, 0.1) is 6.92 Å². The fraction of sp³-hybridized carbons (Fsp3) is 0.0833. The molecule has 1 aromatic heterocycles. The zero-order valence-electron chi connectivity index (χ0n) is 8.66. The number of amides is 1. The van der Waals surface area contributed by atoms with E-state index in [0.29, 0.717) is 5.76 Å². The second-order valence-corrected chi connectivity index (χ2v) is 4.27. The van der Waals surface area contributed by atoms with Crippen molar-refractivity contribution in [2.75, 3.05) is 5.32 Å². The maximum Gasteiger partial charge on any atom is 0.291 e. The second kappa shape index (κ2) is 4.53. The average Bonchev–Trinajstić information content (AvgIpc) is 2.76. The Morgan fingerprint density at radius 3 is 2.88 bits per heavy atom. The maximum absolute atomic E-state index is 11.7. The number of nitrogens with one attached hydrogen (secondary N) is 1. The van der Waals surface area contributed by atoms with Crippen LogP contribution in [0.1, 0.15) is 16.1 Å². The zero-order chi connectivity index (χ0) is 11.5. The number of halogens is 1. The van der Waals surface area contributed by atoms with Crippen LogP contribution < -0.4 is 5.32 Å². The Hall–Kier alpha value is -1.55. The first-order chi connectivity index (χ1) is 7.66. The molecule has 4 heteroatoms. The van der Waals surface area contributed by atoms with E-state index in [9.17, 15) is 4.79 Å². The Morgan fingerprint density at radius 2 is 2.19 bits per heavy atom. The highest BCUT2D eigenvalue weighted by molar-refractivity contribution is 9.10. The summed E-state index contributed by atoms with van der Waals surface area (Å²) >= 11 is 3.38. The van der Waals surface area contributed by atoms with Gasteiger partial charge in [-0.25, -0.2) is 0 Å². The minimum absolute atomic E-state index is 0.253. The lowest BCUT2D eigenvalue weighted by molar-refractivity contribution is 0.0996. The molecule has 0 saturated heterocycles. The van der Waals surface area contributed by atoms with Gasteiger partial charge in [0.15, 0.2) is 5.76 Å². The molecular weight excluding hydrogens is 270 g/mol. The van der Waals surface area contributed by atoms with Crippen molar-refractivity contribution < 1.29 is 9.21 Å². The molecule has 0 atom stereocenters. The minimum Gasteiger partial charge on any atom is -0.459 e. The number of aryl methyl sites for hydroxylation is 1. The average molecular weight is 280 g/mol. The van der Waals surface area contributed by atoms with Crippen molar-refractivity contribution >= 4 is 27.5 Å². The molecule has 0 aliphatic rings. The van der Waals surface area contributed by atoms with E-state index in [1.54, 1.807) is 12.1 Å². The summed E-state index contributed by atoms with van der Waals surface area (Å²) in [4.78, 5) is 11.7. The van der Waals surface area contributed by atoms with Gasteiger partial charge in [-0.3, -0.25) is 4.79 Å². The minimum atomic E-state index is -0.253. The first-order valence-corrected chi connectivity index (χ1v) is 5.57. The highest BCUT2D eigenvalue weighted by Crippen LogP contribution is 2.23. The van der Waals surface area contributed by atoms with Crippen LogP contribution in [0.3, 0.4) is 0 Å². The van der Waals surface area contributed by atoms with E-state index < -0.39 is 0 Å². The van der Waals surface area contributed by atoms with E-state index in [0.717, 1.165) is 15.7 Å². The number of rotatable bonds is 2. The van der Waals surface area contributed by atoms with Crippen molar-refractivity contribution in [3.05, 3.63) is 52.4 Å². The molecule has 0 radical (unpaired) electrons. The number of furan rings is 1. The van der Waals surface area contributed by atoms with E-state index in [1.807, 2.05) is 25.1 Å². The van der Waals surface area contributed by atoms with Gasteiger partial charge in [0.1, 0.15) is 0 Å². The quantitative estimate of drug-likeness (QED) is 0.913. The number of anilines is 1. The van der Waals surface area contributed by atoms with Crippen LogP contribution in [-0.2, 0) is 0 Å². The van der Waals surface area contributed by atoms with Crippen LogP contribution in [0.25, 0.3) is 0 Å². The predicted molar refractivity (Wildman–Crippen MR) is 65.5 cm³/mol. The molecule has 0 aliphatic carbocycles. The first kappa shape index (κ1) is 11.0. The van der Waals surface area contributed by atoms with Crippen molar-refractivity contribution in [3.63, 3.8) is 0 Å². The molecule has 3 nitrogen and oxygen atoms in total. The summed E-state index contributed by atoms with van der Waals surface area (Å²) in [5.41, 5.74) is 1.82. The van der Waals surface area contributed by atoms with Gasteiger partial charge in [0.2, 0.25) is 0 Å². The number of hydrogen-bond acceptors (Lipinski definition) is 2. The van der Waals surface area contributed by atoms with Crippen LogP contribution in [-0.4, -0.2) is 5.91 Å². The van der Waals surface area contributed by atoms with Crippen LogP contribution >= 0.6 is 15.9 Å². The van der Waals surface area contributed by atoms with E-state index >= 15 is 0 Å². The molecule has 0 aliphatic heterocycles. The van der Waals surface area contributed by atoms with E-state index in [1.165, 1.54) is 6.26 Å². The van der Waals surface area contributed by atoms with Crippen molar-refractivity contribution in [2.45, 2.75) is 6.92 Å². The van der Waals surface area contributed by atoms with Gasteiger partial charge in [-0.05, 0) is 52.7 Å². The monoisotopic (exact) mass is 279 g/mol. The molecule has 16 heavy (non-hydrogen) atoms. The van der Waals surface area contributed by atoms with Crippen LogP contribution in [0.5, 0.6) is 0 Å². The van der Waals surface area contributed by atoms with E-state index in [-0.39, 0.29) is 5.91 Å². The lowest BCUT2D eigenvalue weighted by atomic mass is 10.2. The summed E-state index contributed by atoms with van der Waals surface area (Å²) < 4.78 is 5.86. The van der Waals surface area contributed by atoms with Crippen molar-refractivity contribution in [2.24, 2.45) is 0 Å². The van der Waals surface area contributed by atoms with Crippen LogP contribution in [0.2, 0.25) is 0 Å². The molecular formula is C12H10BrNO2. The lowest BCUT2D eigenvalue weighted by Gasteiger charge is -2.06. The molecule has 0 spiro atoms. The number of carbonyl (C=O) groups excluding carboxylic acids is 1. The van der Waals surface area contributed by atoms with Crippen molar-refractivity contribution in [3.8, 4) is 0 Å². The summed E-state index contributed by atoms with van der Waals surface area (Å²) in [5.74, 6) is 0.0460. The third-order valence-electron chi connectivity index (χ3n) is 2.12. The zero-order valence-corrected chi connectivity index (χ0v) is 10.2. The molecule has 0 bridgehead atoms. The normalized spacial score (nSPS) is 10.1. The SMILES string of the molecule is Cc1ccc(Br)c(NC(=O)c2ccco2)c1. The number of hydrogen-bond donors (Lipinski definition) is 1. The van der Waals surface area contributed by atoms with Crippen LogP contribution in [0.4, 0.5) is 5.69 Å². The summed E-state index contributed by atoms with van der Waals surface area (Å²) in [7, 11) is 0. The second-order valence-electron chi connectivity index (χ2n) is 3.41. The molecule has 2 aromatic rings. The van der Waals surface area contributed by atoms with Gasteiger partial charge in [0.25, 0.3) is 5.91 Å². The van der Waals surface area contributed by atoms with Gasteiger partial charge in [-0.15, -0.1) is 0 Å². The van der Waals surface area contributed by atoms with Gasteiger partial charge < -0.3 is 9.73 Å². The van der Waals surface area contributed by atoms with Gasteiger partial charge in [-0.1, -0.05) is 6.07 Å². The molecule has 0 unspecified atom stereocenters. The maximum atomic E-state index is 11.7. The Labute approximate surface area is 102 Å². The van der Waals surface area contributed by atoms with Gasteiger partial charge in [0, 0.05) is 4.47 Å². The topological polar surface area (TPSA) is 42.2 Å². The van der Waals surface area contributed by atoms with E-state index in [4.69, 9.17) is 4.42 Å². The third-order valence-corrected chi connectivity index (χ3v) is 2.81. The summed E-state index contributed by atoms with van der Waals surface area (Å²) in [6.45, 7) is 1.97. The summed E-state index contributed by atoms with van der Waals surface area (Å²) in [6, 6.07) is 9.06. The number of benzene rings is 1. The molecule has 2 rings (SSSR count). The molecule has 1 heterocycles. The number of carbonyl (C=O) groups is 1. The third kappa shape index (κ3) is 2.33. The molecule has 0 saturated carbocycles. The molecule has 1 amide bonds. The van der Waals surface area contributed by atoms with Crippen LogP contribution in [0.15, 0.2) is 45.5 Å². The fourth-order valence-electron chi connectivity index (χ4n) is 1.33. The predicted octanol–water partition coefficient (Wildman–Crippen LogP) is 3.60. The van der Waals surface area contributed by atoms with Gasteiger partial charge in [-0.2, -0.15) is 0 Å². The highest BCUT2D eigenvalue weighted by Gasteiger charge is 2.10. The lowest BCUT2D eigenvalue weighted by Crippen LogP contribution is -2.11. The van der Waals surface area contributed by atoms with Gasteiger partial charge in [0.05, 0.1) is 12.0 Å². The smallest absolute Gasteiger partial charge is 0.291 e. The Morgan fingerprint density at radius 1 is 1.38 bits per heavy atom. The Bertz CT molecular complexity index is 506. The Kier molecular flexibility index (Phi) is 3.10. The van der Waals surface area contributed by atoms with Crippen molar-refractivity contribution in [1.82, 2.24) is 0 Å². The summed E-state index contributed by atoms with van der Waals surface area (Å²) in [5, 5.41) is 2.77. The molecule has 0 fully saturated rings. The first-order valence-electron chi connectivity index (χ1n) is 4.78. The fourth-order valence-corrected chi connectivity index (χ4v) is 1.67. The largest absolute Gasteiger partial charge is 0.459 e. The summed E-state index contributed by atoms with van der Waals surface area (Å²) in [6.07, 6.45) is 1.47.